The largest absolute Gasteiger partial charge is 0.336 e. The minimum atomic E-state index is 0.0845. The Morgan fingerprint density at radius 3 is 2.19 bits per heavy atom. The molecule has 0 spiro atoms. The number of amides is 1. The normalized spacial score (nSPS) is 15.3. The van der Waals surface area contributed by atoms with Crippen LogP contribution in [-0.4, -0.2) is 62.1 Å². The minimum absolute atomic E-state index is 0.0845. The summed E-state index contributed by atoms with van der Waals surface area (Å²) in [4.78, 5) is 17.2. The molecule has 1 amide bonds. The van der Waals surface area contributed by atoms with Gasteiger partial charge in [0.15, 0.2) is 5.82 Å². The maximum absolute atomic E-state index is 12.9. The summed E-state index contributed by atoms with van der Waals surface area (Å²) in [6, 6.07) is 16.2. The van der Waals surface area contributed by atoms with Crippen molar-refractivity contribution in [3.63, 3.8) is 0 Å². The first-order chi connectivity index (χ1) is 14.8. The number of tetrazole rings is 1. The van der Waals surface area contributed by atoms with Crippen molar-refractivity contribution in [1.82, 2.24) is 30.0 Å². The van der Waals surface area contributed by atoms with E-state index in [0.717, 1.165) is 30.2 Å². The van der Waals surface area contributed by atoms with E-state index in [4.69, 9.17) is 0 Å². The van der Waals surface area contributed by atoms with Crippen LogP contribution in [0.3, 0.4) is 0 Å². The summed E-state index contributed by atoms with van der Waals surface area (Å²) in [6.07, 6.45) is 0. The van der Waals surface area contributed by atoms with Crippen molar-refractivity contribution in [3.8, 4) is 5.69 Å². The zero-order chi connectivity index (χ0) is 22.0. The fourth-order valence-corrected chi connectivity index (χ4v) is 3.80. The van der Waals surface area contributed by atoms with E-state index in [0.29, 0.717) is 19.6 Å². The molecule has 3 aromatic rings. The van der Waals surface area contributed by atoms with Gasteiger partial charge in [0.25, 0.3) is 5.91 Å². The third kappa shape index (κ3) is 4.82. The van der Waals surface area contributed by atoms with Gasteiger partial charge in [-0.2, -0.15) is 4.68 Å². The van der Waals surface area contributed by atoms with Gasteiger partial charge in [-0.3, -0.25) is 9.69 Å². The van der Waals surface area contributed by atoms with Crippen LogP contribution < -0.4 is 0 Å². The lowest BCUT2D eigenvalue weighted by atomic mass is 9.86. The van der Waals surface area contributed by atoms with Crippen molar-refractivity contribution >= 4 is 5.91 Å². The molecule has 1 aliphatic heterocycles. The van der Waals surface area contributed by atoms with E-state index in [1.54, 1.807) is 4.68 Å². The molecule has 31 heavy (non-hydrogen) atoms. The molecule has 1 aliphatic rings. The third-order valence-corrected chi connectivity index (χ3v) is 5.84. The number of rotatable bonds is 4. The molecule has 0 aliphatic carbocycles. The number of hydrogen-bond acceptors (Lipinski definition) is 5. The highest BCUT2D eigenvalue weighted by atomic mass is 16.2. The number of aromatic nitrogens is 4. The average Bonchev–Trinajstić information content (AvgIpc) is 3.22. The van der Waals surface area contributed by atoms with Gasteiger partial charge < -0.3 is 4.90 Å². The Bertz CT molecular complexity index is 1030. The molecule has 0 bridgehead atoms. The van der Waals surface area contributed by atoms with Gasteiger partial charge in [-0.05, 0) is 52.6 Å². The maximum Gasteiger partial charge on any atom is 0.253 e. The predicted molar refractivity (Wildman–Crippen MR) is 120 cm³/mol. The summed E-state index contributed by atoms with van der Waals surface area (Å²) in [7, 11) is 0. The number of carbonyl (C=O) groups is 1. The fraction of sp³-hybridized carbons (Fsp3) is 0.417. The highest BCUT2D eigenvalue weighted by Gasteiger charge is 2.24. The minimum Gasteiger partial charge on any atom is -0.336 e. The van der Waals surface area contributed by atoms with Crippen molar-refractivity contribution < 1.29 is 4.79 Å². The zero-order valence-electron chi connectivity index (χ0n) is 18.7. The van der Waals surface area contributed by atoms with Crippen LogP contribution in [0.15, 0.2) is 48.5 Å². The van der Waals surface area contributed by atoms with Crippen molar-refractivity contribution in [1.29, 1.82) is 0 Å². The number of aryl methyl sites for hydroxylation is 1. The average molecular weight is 419 g/mol. The van der Waals surface area contributed by atoms with Crippen molar-refractivity contribution in [2.45, 2.75) is 39.7 Å². The highest BCUT2D eigenvalue weighted by molar-refractivity contribution is 5.94. The molecule has 7 heteroatoms. The first kappa shape index (κ1) is 21.2. The lowest BCUT2D eigenvalue weighted by Crippen LogP contribution is -2.48. The summed E-state index contributed by atoms with van der Waals surface area (Å²) < 4.78 is 1.79. The topological polar surface area (TPSA) is 67.2 Å². The molecule has 0 saturated carbocycles. The van der Waals surface area contributed by atoms with E-state index in [2.05, 4.69) is 72.4 Å². The first-order valence-corrected chi connectivity index (χ1v) is 10.8. The van der Waals surface area contributed by atoms with Gasteiger partial charge in [-0.25, -0.2) is 0 Å². The van der Waals surface area contributed by atoms with E-state index in [1.165, 1.54) is 11.1 Å². The zero-order valence-corrected chi connectivity index (χ0v) is 18.7. The number of piperazine rings is 1. The molecule has 7 nitrogen and oxygen atoms in total. The van der Waals surface area contributed by atoms with Gasteiger partial charge in [-0.15, -0.1) is 5.10 Å². The van der Waals surface area contributed by atoms with E-state index in [-0.39, 0.29) is 11.3 Å². The van der Waals surface area contributed by atoms with Gasteiger partial charge in [0.2, 0.25) is 0 Å². The van der Waals surface area contributed by atoms with Gasteiger partial charge >= 0.3 is 0 Å². The summed E-state index contributed by atoms with van der Waals surface area (Å²) in [5, 5.41) is 12.2. The number of nitrogens with zero attached hydrogens (tertiary/aromatic N) is 6. The van der Waals surface area contributed by atoms with Crippen LogP contribution in [0.4, 0.5) is 0 Å². The maximum atomic E-state index is 12.9. The molecule has 0 unspecified atom stereocenters. The second-order valence-corrected chi connectivity index (χ2v) is 9.24. The van der Waals surface area contributed by atoms with Crippen molar-refractivity contribution in [2.24, 2.45) is 0 Å². The SMILES string of the molecule is Cc1ccc(-n2nnnc2CN2CCN(C(=O)c3ccc(C(C)(C)C)cc3)CC2)cc1. The summed E-state index contributed by atoms with van der Waals surface area (Å²) >= 11 is 0. The molecule has 1 aromatic heterocycles. The van der Waals surface area contributed by atoms with Crippen molar-refractivity contribution in [2.75, 3.05) is 26.2 Å². The van der Waals surface area contributed by atoms with Gasteiger partial charge in [0.05, 0.1) is 12.2 Å². The Balaban J connectivity index is 1.36. The molecular weight excluding hydrogens is 388 g/mol. The monoisotopic (exact) mass is 418 g/mol. The van der Waals surface area contributed by atoms with Crippen molar-refractivity contribution in [3.05, 3.63) is 71.0 Å². The third-order valence-electron chi connectivity index (χ3n) is 5.84. The van der Waals surface area contributed by atoms with Crippen LogP contribution in [-0.2, 0) is 12.0 Å². The molecule has 1 saturated heterocycles. The molecule has 0 N–H and O–H groups in total. The van der Waals surface area contributed by atoms with E-state index in [1.807, 2.05) is 29.2 Å². The molecule has 162 valence electrons. The summed E-state index contributed by atoms with van der Waals surface area (Å²) in [5.41, 5.74) is 4.23. The van der Waals surface area contributed by atoms with E-state index in [9.17, 15) is 4.79 Å². The second kappa shape index (κ2) is 8.59. The van der Waals surface area contributed by atoms with Crippen LogP contribution in [0.25, 0.3) is 5.69 Å². The Morgan fingerprint density at radius 2 is 1.58 bits per heavy atom. The van der Waals surface area contributed by atoms with E-state index < -0.39 is 0 Å². The van der Waals surface area contributed by atoms with Crippen LogP contribution in [0.2, 0.25) is 0 Å². The fourth-order valence-electron chi connectivity index (χ4n) is 3.80. The number of benzene rings is 2. The summed E-state index contributed by atoms with van der Waals surface area (Å²) in [5.74, 6) is 0.908. The molecule has 1 fully saturated rings. The van der Waals surface area contributed by atoms with Crippen LogP contribution in [0, 0.1) is 6.92 Å². The number of hydrogen-bond donors (Lipinski definition) is 0. The lowest BCUT2D eigenvalue weighted by molar-refractivity contribution is 0.0624. The van der Waals surface area contributed by atoms with Crippen LogP contribution in [0.1, 0.15) is 48.1 Å². The van der Waals surface area contributed by atoms with Gasteiger partial charge in [0.1, 0.15) is 0 Å². The Kier molecular flexibility index (Phi) is 5.87. The second-order valence-electron chi connectivity index (χ2n) is 9.24. The first-order valence-electron chi connectivity index (χ1n) is 10.8. The molecular formula is C24H30N6O. The quantitative estimate of drug-likeness (QED) is 0.651. The Labute approximate surface area is 183 Å². The van der Waals surface area contributed by atoms with Crippen LogP contribution >= 0.6 is 0 Å². The molecule has 2 heterocycles. The molecule has 0 radical (unpaired) electrons. The lowest BCUT2D eigenvalue weighted by Gasteiger charge is -2.34. The standard InChI is InChI=1S/C24H30N6O/c1-18-5-11-21(12-6-18)30-22(25-26-27-30)17-28-13-15-29(16-14-28)23(31)19-7-9-20(10-8-19)24(2,3)4/h5-12H,13-17H2,1-4H3. The van der Waals surface area contributed by atoms with E-state index >= 15 is 0 Å². The highest BCUT2D eigenvalue weighted by Crippen LogP contribution is 2.23. The smallest absolute Gasteiger partial charge is 0.253 e. The number of carbonyl (C=O) groups excluding carboxylic acids is 1. The molecule has 0 atom stereocenters. The van der Waals surface area contributed by atoms with Crippen LogP contribution in [0.5, 0.6) is 0 Å². The predicted octanol–water partition coefficient (Wildman–Crippen LogP) is 3.23. The van der Waals surface area contributed by atoms with Gasteiger partial charge in [-0.1, -0.05) is 50.6 Å². The molecule has 2 aromatic carbocycles. The Hall–Kier alpha value is -3.06. The summed E-state index contributed by atoms with van der Waals surface area (Å²) in [6.45, 7) is 12.2. The van der Waals surface area contributed by atoms with Gasteiger partial charge in [0, 0.05) is 31.7 Å². The Morgan fingerprint density at radius 1 is 0.935 bits per heavy atom. The molecule has 4 rings (SSSR count).